The maximum absolute atomic E-state index is 13.8. The Bertz CT molecular complexity index is 644. The van der Waals surface area contributed by atoms with Gasteiger partial charge >= 0.3 is 0 Å². The van der Waals surface area contributed by atoms with Crippen molar-refractivity contribution in [2.75, 3.05) is 7.11 Å². The molecule has 0 aromatic heterocycles. The Morgan fingerprint density at radius 1 is 1.15 bits per heavy atom. The minimum Gasteiger partial charge on any atom is -0.496 e. The highest BCUT2D eigenvalue weighted by molar-refractivity contribution is 9.10. The molecular weight excluding hydrogens is 330 g/mol. The summed E-state index contributed by atoms with van der Waals surface area (Å²) >= 11 is 3.29. The molecule has 0 spiro atoms. The van der Waals surface area contributed by atoms with Crippen molar-refractivity contribution >= 4 is 15.9 Å². The molecule has 1 N–H and O–H groups in total. The molecule has 0 amide bonds. The van der Waals surface area contributed by atoms with Gasteiger partial charge in [0.1, 0.15) is 23.5 Å². The second kappa shape index (κ2) is 5.89. The number of hydrogen-bond acceptors (Lipinski definition) is 2. The van der Waals surface area contributed by atoms with Crippen LogP contribution in [-0.2, 0) is 0 Å². The number of aryl methyl sites for hydroxylation is 1. The highest BCUT2D eigenvalue weighted by Crippen LogP contribution is 2.32. The highest BCUT2D eigenvalue weighted by Gasteiger charge is 2.18. The molecule has 2 nitrogen and oxygen atoms in total. The van der Waals surface area contributed by atoms with E-state index in [1.165, 1.54) is 14.0 Å². The summed E-state index contributed by atoms with van der Waals surface area (Å²) in [6.45, 7) is 1.47. The zero-order valence-corrected chi connectivity index (χ0v) is 12.5. The van der Waals surface area contributed by atoms with Gasteiger partial charge in [0, 0.05) is 5.56 Å². The Morgan fingerprint density at radius 2 is 1.85 bits per heavy atom. The summed E-state index contributed by atoms with van der Waals surface area (Å²) in [7, 11) is 1.52. The number of hydrogen-bond donors (Lipinski definition) is 1. The number of halogens is 3. The fraction of sp³-hybridized carbons (Fsp3) is 0.200. The van der Waals surface area contributed by atoms with Gasteiger partial charge in [0.2, 0.25) is 0 Å². The topological polar surface area (TPSA) is 29.5 Å². The summed E-state index contributed by atoms with van der Waals surface area (Å²) < 4.78 is 33.1. The Kier molecular flexibility index (Phi) is 4.40. The summed E-state index contributed by atoms with van der Waals surface area (Å²) in [5.41, 5.74) is 0.555. The van der Waals surface area contributed by atoms with Crippen molar-refractivity contribution in [3.8, 4) is 5.75 Å². The second-order valence-corrected chi connectivity index (χ2v) is 5.27. The Balaban J connectivity index is 2.43. The van der Waals surface area contributed by atoms with Crippen molar-refractivity contribution in [3.63, 3.8) is 0 Å². The quantitative estimate of drug-likeness (QED) is 0.908. The van der Waals surface area contributed by atoms with Crippen molar-refractivity contribution in [2.24, 2.45) is 0 Å². The van der Waals surface area contributed by atoms with Crippen molar-refractivity contribution < 1.29 is 18.6 Å². The average molecular weight is 343 g/mol. The van der Waals surface area contributed by atoms with E-state index >= 15 is 0 Å². The lowest BCUT2D eigenvalue weighted by atomic mass is 9.99. The molecule has 0 aliphatic carbocycles. The molecule has 106 valence electrons. The van der Waals surface area contributed by atoms with Crippen LogP contribution < -0.4 is 4.74 Å². The molecule has 0 aliphatic heterocycles. The number of aliphatic hydroxyl groups excluding tert-OH is 1. The average Bonchev–Trinajstić information content (AvgIpc) is 2.42. The molecule has 0 aliphatic rings. The van der Waals surface area contributed by atoms with E-state index in [-0.39, 0.29) is 11.1 Å². The zero-order chi connectivity index (χ0) is 14.9. The predicted molar refractivity (Wildman–Crippen MR) is 75.9 cm³/mol. The van der Waals surface area contributed by atoms with Gasteiger partial charge in [-0.05, 0) is 58.2 Å². The third-order valence-corrected chi connectivity index (χ3v) is 3.68. The van der Waals surface area contributed by atoms with E-state index < -0.39 is 17.7 Å². The minimum atomic E-state index is -1.24. The molecule has 2 aromatic rings. The molecular formula is C15H13BrF2O2. The summed E-state index contributed by atoms with van der Waals surface area (Å²) in [6, 6.07) is 6.96. The van der Waals surface area contributed by atoms with Gasteiger partial charge in [0.15, 0.2) is 0 Å². The zero-order valence-electron chi connectivity index (χ0n) is 11.0. The third-order valence-electron chi connectivity index (χ3n) is 3.06. The van der Waals surface area contributed by atoms with Gasteiger partial charge in [-0.3, -0.25) is 0 Å². The van der Waals surface area contributed by atoms with Crippen LogP contribution >= 0.6 is 15.9 Å². The summed E-state index contributed by atoms with van der Waals surface area (Å²) in [5, 5.41) is 10.2. The van der Waals surface area contributed by atoms with Crippen LogP contribution in [0.3, 0.4) is 0 Å². The summed E-state index contributed by atoms with van der Waals surface area (Å²) in [6.07, 6.45) is -1.24. The van der Waals surface area contributed by atoms with Crippen LogP contribution in [0.4, 0.5) is 8.78 Å². The van der Waals surface area contributed by atoms with E-state index in [0.29, 0.717) is 15.8 Å². The Morgan fingerprint density at radius 3 is 2.45 bits per heavy atom. The predicted octanol–water partition coefficient (Wildman–Crippen LogP) is 4.13. The molecule has 0 bridgehead atoms. The lowest BCUT2D eigenvalue weighted by molar-refractivity contribution is 0.214. The molecule has 2 aromatic carbocycles. The molecule has 20 heavy (non-hydrogen) atoms. The standard InChI is InChI=1S/C15H13BrF2O2/c1-8-5-13(18)10(7-12(8)17)15(19)9-3-4-14(20-2)11(16)6-9/h3-7,15,19H,1-2H3. The number of ether oxygens (including phenoxy) is 1. The lowest BCUT2D eigenvalue weighted by Gasteiger charge is -2.15. The first-order chi connectivity index (χ1) is 9.43. The fourth-order valence-corrected chi connectivity index (χ4v) is 2.46. The number of methoxy groups -OCH3 is 1. The largest absolute Gasteiger partial charge is 0.496 e. The molecule has 0 saturated carbocycles. The van der Waals surface area contributed by atoms with Crippen LogP contribution in [0.25, 0.3) is 0 Å². The summed E-state index contributed by atoms with van der Waals surface area (Å²) in [5.74, 6) is -0.590. The first kappa shape index (κ1) is 14.9. The van der Waals surface area contributed by atoms with E-state index in [9.17, 15) is 13.9 Å². The first-order valence-electron chi connectivity index (χ1n) is 5.91. The molecule has 5 heteroatoms. The summed E-state index contributed by atoms with van der Waals surface area (Å²) in [4.78, 5) is 0. The molecule has 0 fully saturated rings. The molecule has 0 saturated heterocycles. The minimum absolute atomic E-state index is 0.0924. The molecule has 2 rings (SSSR count). The van der Waals surface area contributed by atoms with E-state index in [2.05, 4.69) is 15.9 Å². The van der Waals surface area contributed by atoms with E-state index in [4.69, 9.17) is 4.74 Å². The maximum atomic E-state index is 13.8. The van der Waals surface area contributed by atoms with Crippen LogP contribution in [0.2, 0.25) is 0 Å². The van der Waals surface area contributed by atoms with Gasteiger partial charge < -0.3 is 9.84 Å². The Labute approximate surface area is 124 Å². The number of benzene rings is 2. The van der Waals surface area contributed by atoms with Crippen molar-refractivity contribution in [1.29, 1.82) is 0 Å². The number of rotatable bonds is 3. The highest BCUT2D eigenvalue weighted by atomic mass is 79.9. The first-order valence-corrected chi connectivity index (χ1v) is 6.70. The molecule has 0 radical (unpaired) electrons. The normalized spacial score (nSPS) is 12.3. The Hall–Kier alpha value is -1.46. The molecule has 1 unspecified atom stereocenters. The van der Waals surface area contributed by atoms with E-state index in [1.54, 1.807) is 18.2 Å². The molecule has 1 atom stereocenters. The van der Waals surface area contributed by atoms with Crippen LogP contribution in [-0.4, -0.2) is 12.2 Å². The fourth-order valence-electron chi connectivity index (χ4n) is 1.90. The van der Waals surface area contributed by atoms with E-state index in [0.717, 1.165) is 12.1 Å². The van der Waals surface area contributed by atoms with Crippen LogP contribution in [0.15, 0.2) is 34.8 Å². The van der Waals surface area contributed by atoms with Crippen molar-refractivity contribution in [1.82, 2.24) is 0 Å². The lowest BCUT2D eigenvalue weighted by Crippen LogP contribution is -2.04. The maximum Gasteiger partial charge on any atom is 0.133 e. The van der Waals surface area contributed by atoms with Gasteiger partial charge in [0.05, 0.1) is 11.6 Å². The van der Waals surface area contributed by atoms with Gasteiger partial charge in [-0.25, -0.2) is 8.78 Å². The van der Waals surface area contributed by atoms with Crippen LogP contribution in [0.5, 0.6) is 5.75 Å². The van der Waals surface area contributed by atoms with E-state index in [1.807, 2.05) is 0 Å². The van der Waals surface area contributed by atoms with Gasteiger partial charge in [-0.2, -0.15) is 0 Å². The van der Waals surface area contributed by atoms with Crippen LogP contribution in [0.1, 0.15) is 22.8 Å². The van der Waals surface area contributed by atoms with Gasteiger partial charge in [-0.1, -0.05) is 6.07 Å². The second-order valence-electron chi connectivity index (χ2n) is 4.42. The molecule has 0 heterocycles. The smallest absolute Gasteiger partial charge is 0.133 e. The van der Waals surface area contributed by atoms with Crippen molar-refractivity contribution in [2.45, 2.75) is 13.0 Å². The monoisotopic (exact) mass is 342 g/mol. The number of aliphatic hydroxyl groups is 1. The third kappa shape index (κ3) is 2.83. The SMILES string of the molecule is COc1ccc(C(O)c2cc(F)c(C)cc2F)cc1Br. The van der Waals surface area contributed by atoms with Crippen LogP contribution in [0, 0.1) is 18.6 Å². The van der Waals surface area contributed by atoms with Gasteiger partial charge in [0.25, 0.3) is 0 Å². The van der Waals surface area contributed by atoms with Crippen molar-refractivity contribution in [3.05, 3.63) is 63.1 Å². The van der Waals surface area contributed by atoms with Gasteiger partial charge in [-0.15, -0.1) is 0 Å².